The summed E-state index contributed by atoms with van der Waals surface area (Å²) >= 11 is 6.45. The third-order valence-corrected chi connectivity index (χ3v) is 8.52. The summed E-state index contributed by atoms with van der Waals surface area (Å²) in [5.41, 5.74) is 2.25. The Balaban J connectivity index is 2.09. The summed E-state index contributed by atoms with van der Waals surface area (Å²) in [5.74, 6) is -0.841. The van der Waals surface area contributed by atoms with Crippen LogP contribution in [0.3, 0.4) is 0 Å². The number of hydrogen-bond donors (Lipinski definition) is 1. The van der Waals surface area contributed by atoms with Crippen LogP contribution in [0.5, 0.6) is 0 Å². The van der Waals surface area contributed by atoms with Gasteiger partial charge in [0.25, 0.3) is 10.0 Å². The van der Waals surface area contributed by atoms with Gasteiger partial charge < -0.3 is 10.2 Å². The van der Waals surface area contributed by atoms with E-state index in [0.29, 0.717) is 22.7 Å². The van der Waals surface area contributed by atoms with E-state index in [2.05, 4.69) is 5.32 Å². The lowest BCUT2D eigenvalue weighted by molar-refractivity contribution is -0.141. The molecule has 0 bridgehead atoms. The molecule has 2 amide bonds. The van der Waals surface area contributed by atoms with Crippen LogP contribution < -0.4 is 9.62 Å². The van der Waals surface area contributed by atoms with Crippen LogP contribution in [0.2, 0.25) is 5.02 Å². The molecular formula is C31H38ClN3O4S. The predicted octanol–water partition coefficient (Wildman–Crippen LogP) is 5.87. The highest BCUT2D eigenvalue weighted by atomic mass is 35.5. The number of carbonyl (C=O) groups is 2. The monoisotopic (exact) mass is 583 g/mol. The van der Waals surface area contributed by atoms with Gasteiger partial charge in [-0.25, -0.2) is 8.42 Å². The van der Waals surface area contributed by atoms with Gasteiger partial charge in [-0.2, -0.15) is 0 Å². The number of aryl methyl sites for hydroxylation is 2. The van der Waals surface area contributed by atoms with Gasteiger partial charge in [-0.1, -0.05) is 66.6 Å². The molecule has 0 aromatic heterocycles. The van der Waals surface area contributed by atoms with Crippen molar-refractivity contribution in [2.24, 2.45) is 0 Å². The van der Waals surface area contributed by atoms with E-state index in [1.54, 1.807) is 54.6 Å². The normalized spacial score (nSPS) is 12.5. The van der Waals surface area contributed by atoms with E-state index < -0.39 is 34.1 Å². The van der Waals surface area contributed by atoms with Crippen molar-refractivity contribution >= 4 is 39.1 Å². The maximum absolute atomic E-state index is 14.1. The highest BCUT2D eigenvalue weighted by molar-refractivity contribution is 7.92. The van der Waals surface area contributed by atoms with Gasteiger partial charge in [0.15, 0.2) is 0 Å². The number of hydrogen-bond acceptors (Lipinski definition) is 4. The van der Waals surface area contributed by atoms with E-state index in [1.807, 2.05) is 47.6 Å². The summed E-state index contributed by atoms with van der Waals surface area (Å²) in [4.78, 5) is 29.0. The third-order valence-electron chi connectivity index (χ3n) is 6.36. The number of carbonyl (C=O) groups excluding carboxylic acids is 2. The SMILES string of the molecule is CC[C@H](C(=O)NC(C)(C)C)N(Cc1ccccc1Cl)C(=O)CN(c1cccc(C)c1)S(=O)(=O)c1ccc(C)cc1. The van der Waals surface area contributed by atoms with E-state index in [1.165, 1.54) is 17.0 Å². The fourth-order valence-electron chi connectivity index (χ4n) is 4.33. The molecule has 0 unspecified atom stereocenters. The van der Waals surface area contributed by atoms with Gasteiger partial charge in [-0.15, -0.1) is 0 Å². The van der Waals surface area contributed by atoms with Crippen LogP contribution in [0.25, 0.3) is 0 Å². The molecule has 40 heavy (non-hydrogen) atoms. The smallest absolute Gasteiger partial charge is 0.264 e. The Bertz CT molecular complexity index is 1450. The number of halogens is 1. The number of anilines is 1. The van der Waals surface area contributed by atoms with Crippen LogP contribution in [-0.2, 0) is 26.2 Å². The van der Waals surface area contributed by atoms with Crippen LogP contribution in [0, 0.1) is 13.8 Å². The molecule has 0 saturated carbocycles. The molecule has 9 heteroatoms. The Kier molecular flexibility index (Phi) is 10.0. The van der Waals surface area contributed by atoms with Crippen LogP contribution in [0.1, 0.15) is 50.8 Å². The number of nitrogens with zero attached hydrogens (tertiary/aromatic N) is 2. The van der Waals surface area contributed by atoms with Crippen molar-refractivity contribution in [3.8, 4) is 0 Å². The first-order valence-electron chi connectivity index (χ1n) is 13.2. The Hall–Kier alpha value is -3.36. The molecule has 0 radical (unpaired) electrons. The van der Waals surface area contributed by atoms with Crippen molar-refractivity contribution in [3.63, 3.8) is 0 Å². The van der Waals surface area contributed by atoms with Gasteiger partial charge in [0.1, 0.15) is 12.6 Å². The average molecular weight is 584 g/mol. The molecule has 0 saturated heterocycles. The topological polar surface area (TPSA) is 86.8 Å². The second-order valence-corrected chi connectivity index (χ2v) is 13.2. The Morgan fingerprint density at radius 1 is 0.925 bits per heavy atom. The summed E-state index contributed by atoms with van der Waals surface area (Å²) in [6, 6.07) is 19.8. The molecule has 3 aromatic carbocycles. The molecule has 0 aliphatic carbocycles. The minimum absolute atomic E-state index is 0.0425. The van der Waals surface area contributed by atoms with Gasteiger partial charge in [0.05, 0.1) is 10.6 Å². The minimum atomic E-state index is -4.12. The maximum atomic E-state index is 14.1. The molecule has 0 fully saturated rings. The van der Waals surface area contributed by atoms with Gasteiger partial charge >= 0.3 is 0 Å². The van der Waals surface area contributed by atoms with Crippen LogP contribution in [0.4, 0.5) is 5.69 Å². The second-order valence-electron chi connectivity index (χ2n) is 10.9. The summed E-state index contributed by atoms with van der Waals surface area (Å²) in [6.45, 7) is 10.7. The molecule has 1 N–H and O–H groups in total. The van der Waals surface area contributed by atoms with E-state index in [0.717, 1.165) is 15.4 Å². The summed E-state index contributed by atoms with van der Waals surface area (Å²) in [7, 11) is -4.12. The third kappa shape index (κ3) is 7.86. The number of nitrogens with one attached hydrogen (secondary N) is 1. The molecule has 0 aliphatic rings. The molecule has 3 aromatic rings. The zero-order valence-corrected chi connectivity index (χ0v) is 25.5. The Morgan fingerprint density at radius 2 is 1.57 bits per heavy atom. The van der Waals surface area contributed by atoms with Crippen molar-refractivity contribution in [1.82, 2.24) is 10.2 Å². The molecule has 0 spiro atoms. The van der Waals surface area contributed by atoms with Crippen molar-refractivity contribution < 1.29 is 18.0 Å². The zero-order valence-electron chi connectivity index (χ0n) is 23.9. The summed E-state index contributed by atoms with van der Waals surface area (Å²) < 4.78 is 29.0. The largest absolute Gasteiger partial charge is 0.350 e. The molecule has 3 rings (SSSR count). The predicted molar refractivity (Wildman–Crippen MR) is 161 cm³/mol. The molecule has 214 valence electrons. The first kappa shape index (κ1) is 31.2. The fourth-order valence-corrected chi connectivity index (χ4v) is 5.93. The first-order valence-corrected chi connectivity index (χ1v) is 15.1. The molecule has 7 nitrogen and oxygen atoms in total. The maximum Gasteiger partial charge on any atom is 0.264 e. The number of rotatable bonds is 10. The Labute approximate surface area is 243 Å². The number of sulfonamides is 1. The van der Waals surface area contributed by atoms with Gasteiger partial charge in [-0.05, 0) is 82.5 Å². The lowest BCUT2D eigenvalue weighted by atomic mass is 10.1. The first-order chi connectivity index (χ1) is 18.7. The van der Waals surface area contributed by atoms with E-state index in [4.69, 9.17) is 11.6 Å². The van der Waals surface area contributed by atoms with E-state index >= 15 is 0 Å². The average Bonchev–Trinajstić information content (AvgIpc) is 2.87. The van der Waals surface area contributed by atoms with Crippen LogP contribution in [-0.4, -0.2) is 43.3 Å². The lowest BCUT2D eigenvalue weighted by Crippen LogP contribution is -2.55. The van der Waals surface area contributed by atoms with Gasteiger partial charge in [0, 0.05) is 17.1 Å². The number of benzene rings is 3. The fraction of sp³-hybridized carbons (Fsp3) is 0.355. The van der Waals surface area contributed by atoms with Gasteiger partial charge in [-0.3, -0.25) is 13.9 Å². The Morgan fingerprint density at radius 3 is 2.15 bits per heavy atom. The standard InChI is InChI=1S/C31H38ClN3O4S/c1-7-28(30(37)33-31(4,5)6)34(20-24-12-8-9-14-27(24)32)29(36)21-35(25-13-10-11-23(3)19-25)40(38,39)26-17-15-22(2)16-18-26/h8-19,28H,7,20-21H2,1-6H3,(H,33,37)/t28-/m1/s1. The molecular weight excluding hydrogens is 546 g/mol. The zero-order chi connectivity index (χ0) is 29.7. The minimum Gasteiger partial charge on any atom is -0.350 e. The number of amides is 2. The van der Waals surface area contributed by atoms with Crippen molar-refractivity contribution in [3.05, 3.63) is 94.5 Å². The second kappa shape index (κ2) is 12.9. The van der Waals surface area contributed by atoms with Crippen LogP contribution in [0.15, 0.2) is 77.7 Å². The van der Waals surface area contributed by atoms with Gasteiger partial charge in [0.2, 0.25) is 11.8 Å². The summed E-state index contributed by atoms with van der Waals surface area (Å²) in [6.07, 6.45) is 0.327. The van der Waals surface area contributed by atoms with E-state index in [9.17, 15) is 18.0 Å². The molecule has 1 atom stereocenters. The highest BCUT2D eigenvalue weighted by Gasteiger charge is 2.34. The molecule has 0 aliphatic heterocycles. The summed E-state index contributed by atoms with van der Waals surface area (Å²) in [5, 5.41) is 3.42. The molecule has 0 heterocycles. The van der Waals surface area contributed by atoms with E-state index in [-0.39, 0.29) is 17.3 Å². The highest BCUT2D eigenvalue weighted by Crippen LogP contribution is 2.26. The van der Waals surface area contributed by atoms with Crippen molar-refractivity contribution in [2.75, 3.05) is 10.8 Å². The van der Waals surface area contributed by atoms with Crippen molar-refractivity contribution in [1.29, 1.82) is 0 Å². The quantitative estimate of drug-likeness (QED) is 0.323. The lowest BCUT2D eigenvalue weighted by Gasteiger charge is -2.35. The van der Waals surface area contributed by atoms with Crippen LogP contribution >= 0.6 is 11.6 Å². The van der Waals surface area contributed by atoms with Crippen molar-refractivity contribution in [2.45, 2.75) is 71.0 Å².